The molecule has 168 valence electrons. The Bertz CT molecular complexity index is 1230. The number of rotatable bonds is 8. The summed E-state index contributed by atoms with van der Waals surface area (Å²) in [7, 11) is 4.64. The fraction of sp³-hybridized carbons (Fsp3) is 0.154. The summed E-state index contributed by atoms with van der Waals surface area (Å²) in [6.45, 7) is -0.150. The molecule has 3 aromatic rings. The summed E-state index contributed by atoms with van der Waals surface area (Å²) < 4.78 is 27.2. The Kier molecular flexibility index (Phi) is 6.31. The third-order valence-electron chi connectivity index (χ3n) is 5.14. The molecule has 0 bridgehead atoms. The molecule has 3 aromatic carbocycles. The van der Waals surface area contributed by atoms with Gasteiger partial charge >= 0.3 is 0 Å². The highest BCUT2D eigenvalue weighted by Crippen LogP contribution is 2.37. The first-order chi connectivity index (χ1) is 16.0. The number of ether oxygens (including phenoxy) is 5. The highest BCUT2D eigenvalue weighted by Gasteiger charge is 2.28. The molecule has 0 radical (unpaired) electrons. The Morgan fingerprint density at radius 2 is 1.67 bits per heavy atom. The Morgan fingerprint density at radius 3 is 2.36 bits per heavy atom. The summed E-state index contributed by atoms with van der Waals surface area (Å²) in [5.41, 5.74) is 1.58. The van der Waals surface area contributed by atoms with Crippen molar-refractivity contribution in [1.29, 1.82) is 0 Å². The maximum Gasteiger partial charge on any atom is 0.231 e. The third-order valence-corrected chi connectivity index (χ3v) is 5.14. The second-order valence-corrected chi connectivity index (χ2v) is 7.12. The first-order valence-electron chi connectivity index (χ1n) is 10.1. The highest BCUT2D eigenvalue weighted by molar-refractivity contribution is 6.14. The number of hydrogen-bond acceptors (Lipinski definition) is 7. The molecule has 0 saturated carbocycles. The van der Waals surface area contributed by atoms with E-state index < -0.39 is 0 Å². The predicted octanol–water partition coefficient (Wildman–Crippen LogP) is 4.59. The number of benzene rings is 3. The van der Waals surface area contributed by atoms with Crippen LogP contribution in [0.4, 0.5) is 0 Å². The molecule has 1 aliphatic rings. The number of fused-ring (bicyclic) bond motifs is 1. The lowest BCUT2D eigenvalue weighted by Gasteiger charge is -2.10. The largest absolute Gasteiger partial charge is 0.497 e. The molecule has 1 heterocycles. The molecule has 0 spiro atoms. The number of ketones is 2. The summed E-state index contributed by atoms with van der Waals surface area (Å²) in [5, 5.41) is 0. The topological polar surface area (TPSA) is 80.3 Å². The number of methoxy groups -OCH3 is 3. The minimum absolute atomic E-state index is 0.150. The van der Waals surface area contributed by atoms with Crippen LogP contribution in [0.15, 0.2) is 66.4 Å². The lowest BCUT2D eigenvalue weighted by Crippen LogP contribution is -2.11. The van der Waals surface area contributed by atoms with Gasteiger partial charge in [0.05, 0.1) is 26.9 Å². The summed E-state index contributed by atoms with van der Waals surface area (Å²) >= 11 is 0. The van der Waals surface area contributed by atoms with Gasteiger partial charge in [0, 0.05) is 17.2 Å². The zero-order valence-corrected chi connectivity index (χ0v) is 18.4. The number of allylic oxidation sites excluding steroid dienone is 1. The summed E-state index contributed by atoms with van der Waals surface area (Å²) in [6.07, 6.45) is 1.61. The van der Waals surface area contributed by atoms with Gasteiger partial charge in [-0.15, -0.1) is 0 Å². The van der Waals surface area contributed by atoms with Gasteiger partial charge in [0.1, 0.15) is 17.2 Å². The van der Waals surface area contributed by atoms with Crippen molar-refractivity contribution < 1.29 is 33.3 Å². The van der Waals surface area contributed by atoms with Gasteiger partial charge in [-0.1, -0.05) is 12.1 Å². The van der Waals surface area contributed by atoms with Crippen molar-refractivity contribution in [2.45, 2.75) is 0 Å². The SMILES string of the molecule is COc1ccc(C(=O)COc2ccc3c(c2)O/C(=C\c2cccc(OC)c2OC)C3=O)cc1. The van der Waals surface area contributed by atoms with E-state index in [-0.39, 0.29) is 23.9 Å². The molecule has 0 atom stereocenters. The summed E-state index contributed by atoms with van der Waals surface area (Å²) in [4.78, 5) is 25.2. The quantitative estimate of drug-likeness (QED) is 0.370. The van der Waals surface area contributed by atoms with Crippen LogP contribution in [-0.2, 0) is 0 Å². The Balaban J connectivity index is 1.49. The molecule has 0 amide bonds. The van der Waals surface area contributed by atoms with Crippen LogP contribution >= 0.6 is 0 Å². The predicted molar refractivity (Wildman–Crippen MR) is 122 cm³/mol. The van der Waals surface area contributed by atoms with Crippen molar-refractivity contribution in [2.24, 2.45) is 0 Å². The number of Topliss-reactive ketones (excluding diaryl/α,β-unsaturated/α-hetero) is 2. The number of hydrogen-bond donors (Lipinski definition) is 0. The zero-order chi connectivity index (χ0) is 23.4. The molecule has 0 fully saturated rings. The van der Waals surface area contributed by atoms with E-state index in [0.29, 0.717) is 45.4 Å². The molecule has 7 nitrogen and oxygen atoms in total. The fourth-order valence-corrected chi connectivity index (χ4v) is 3.43. The van der Waals surface area contributed by atoms with Crippen molar-refractivity contribution in [3.8, 4) is 28.7 Å². The van der Waals surface area contributed by atoms with Crippen molar-refractivity contribution in [2.75, 3.05) is 27.9 Å². The highest BCUT2D eigenvalue weighted by atomic mass is 16.5. The molecule has 0 aromatic heterocycles. The van der Waals surface area contributed by atoms with E-state index in [9.17, 15) is 9.59 Å². The van der Waals surface area contributed by atoms with Crippen LogP contribution in [0.25, 0.3) is 6.08 Å². The molecule has 0 N–H and O–H groups in total. The summed E-state index contributed by atoms with van der Waals surface area (Å²) in [5.74, 6) is 2.22. The van der Waals surface area contributed by atoms with Gasteiger partial charge in [-0.3, -0.25) is 9.59 Å². The standard InChI is InChI=1S/C26H22O7/c1-29-18-9-7-16(8-10-18)21(27)15-32-19-11-12-20-23(14-19)33-24(25(20)28)13-17-5-4-6-22(30-2)26(17)31-3/h4-14H,15H2,1-3H3/b24-13-. The maximum atomic E-state index is 12.8. The average molecular weight is 446 g/mol. The van der Waals surface area contributed by atoms with Crippen LogP contribution in [0.5, 0.6) is 28.7 Å². The van der Waals surface area contributed by atoms with Crippen LogP contribution in [-0.4, -0.2) is 39.5 Å². The van der Waals surface area contributed by atoms with E-state index in [1.54, 1.807) is 81.0 Å². The number of carbonyl (C=O) groups is 2. The summed E-state index contributed by atoms with van der Waals surface area (Å²) in [6, 6.07) is 17.0. The second kappa shape index (κ2) is 9.48. The molecule has 0 unspecified atom stereocenters. The smallest absolute Gasteiger partial charge is 0.231 e. The van der Waals surface area contributed by atoms with Gasteiger partial charge in [-0.2, -0.15) is 0 Å². The molecule has 7 heteroatoms. The van der Waals surface area contributed by atoms with Crippen LogP contribution in [0.1, 0.15) is 26.3 Å². The Labute approximate surface area is 191 Å². The molecular weight excluding hydrogens is 424 g/mol. The molecule has 33 heavy (non-hydrogen) atoms. The minimum atomic E-state index is -0.254. The van der Waals surface area contributed by atoms with Crippen molar-refractivity contribution in [3.63, 3.8) is 0 Å². The number of carbonyl (C=O) groups excluding carboxylic acids is 2. The van der Waals surface area contributed by atoms with Gasteiger partial charge < -0.3 is 23.7 Å². The van der Waals surface area contributed by atoms with E-state index in [4.69, 9.17) is 23.7 Å². The second-order valence-electron chi connectivity index (χ2n) is 7.12. The molecule has 0 saturated heterocycles. The first kappa shape index (κ1) is 22.0. The van der Waals surface area contributed by atoms with Crippen LogP contribution in [0, 0.1) is 0 Å². The van der Waals surface area contributed by atoms with Crippen molar-refractivity contribution in [1.82, 2.24) is 0 Å². The maximum absolute atomic E-state index is 12.8. The monoisotopic (exact) mass is 446 g/mol. The normalized spacial score (nSPS) is 13.3. The fourth-order valence-electron chi connectivity index (χ4n) is 3.43. The van der Waals surface area contributed by atoms with Gasteiger partial charge in [0.2, 0.25) is 5.78 Å². The Hall–Kier alpha value is -4.26. The molecular formula is C26H22O7. The van der Waals surface area contributed by atoms with Crippen LogP contribution in [0.3, 0.4) is 0 Å². The lowest BCUT2D eigenvalue weighted by molar-refractivity contribution is 0.0920. The average Bonchev–Trinajstić information content (AvgIpc) is 3.16. The number of para-hydroxylation sites is 1. The molecule has 1 aliphatic heterocycles. The molecule has 4 rings (SSSR count). The van der Waals surface area contributed by atoms with Gasteiger partial charge in [-0.05, 0) is 48.5 Å². The molecule has 0 aliphatic carbocycles. The lowest BCUT2D eigenvalue weighted by atomic mass is 10.1. The van der Waals surface area contributed by atoms with E-state index in [2.05, 4.69) is 0 Å². The van der Waals surface area contributed by atoms with Crippen molar-refractivity contribution >= 4 is 17.6 Å². The van der Waals surface area contributed by atoms with E-state index in [0.717, 1.165) is 0 Å². The zero-order valence-electron chi connectivity index (χ0n) is 18.4. The Morgan fingerprint density at radius 1 is 0.909 bits per heavy atom. The minimum Gasteiger partial charge on any atom is -0.497 e. The van der Waals surface area contributed by atoms with E-state index in [1.807, 2.05) is 0 Å². The van der Waals surface area contributed by atoms with Crippen LogP contribution in [0.2, 0.25) is 0 Å². The van der Waals surface area contributed by atoms with E-state index >= 15 is 0 Å². The van der Waals surface area contributed by atoms with Gasteiger partial charge in [-0.25, -0.2) is 0 Å². The third kappa shape index (κ3) is 4.52. The van der Waals surface area contributed by atoms with Gasteiger partial charge in [0.25, 0.3) is 0 Å². The van der Waals surface area contributed by atoms with Crippen molar-refractivity contribution in [3.05, 3.63) is 83.1 Å². The van der Waals surface area contributed by atoms with Crippen LogP contribution < -0.4 is 23.7 Å². The van der Waals surface area contributed by atoms with Gasteiger partial charge in [0.15, 0.2) is 29.6 Å². The van der Waals surface area contributed by atoms with E-state index in [1.165, 1.54) is 7.11 Å². The first-order valence-corrected chi connectivity index (χ1v) is 10.1.